The van der Waals surface area contributed by atoms with Crippen molar-refractivity contribution in [3.8, 4) is 0 Å². The van der Waals surface area contributed by atoms with Gasteiger partial charge in [-0.2, -0.15) is 0 Å². The van der Waals surface area contributed by atoms with E-state index in [1.807, 2.05) is 0 Å². The summed E-state index contributed by atoms with van der Waals surface area (Å²) in [6.45, 7) is -5.88. The predicted molar refractivity (Wildman–Crippen MR) is 68.9 cm³/mol. The lowest BCUT2D eigenvalue weighted by Crippen LogP contribution is -2.47. The summed E-state index contributed by atoms with van der Waals surface area (Å²) in [6, 6.07) is 0. The fraction of sp³-hybridized carbons (Fsp3) is 0.933. The summed E-state index contributed by atoms with van der Waals surface area (Å²) in [5.74, 6) is -0.292. The molecule has 0 spiro atoms. The van der Waals surface area contributed by atoms with Crippen LogP contribution < -0.4 is 0 Å². The van der Waals surface area contributed by atoms with Crippen LogP contribution in [0.3, 0.4) is 0 Å². The molecule has 0 radical (unpaired) electrons. The van der Waals surface area contributed by atoms with Gasteiger partial charge in [0.15, 0.2) is 0 Å². The van der Waals surface area contributed by atoms with Crippen molar-refractivity contribution >= 4 is 5.90 Å². The monoisotopic (exact) mass is 255 g/mol. The molecule has 4 fully saturated rings. The fourth-order valence-electron chi connectivity index (χ4n) is 5.21. The van der Waals surface area contributed by atoms with Gasteiger partial charge >= 0.3 is 0 Å². The topological polar surface area (TPSA) is 30.8 Å². The van der Waals surface area contributed by atoms with Crippen molar-refractivity contribution < 1.29 is 17.8 Å². The number of hydrogen-bond donors (Lipinski definition) is 0. The first kappa shape index (κ1) is 6.62. The molecule has 4 saturated carbocycles. The fourth-order valence-corrected chi connectivity index (χ4v) is 5.21. The number of nitrogens with zero attached hydrogens (tertiary/aromatic N) is 1. The van der Waals surface area contributed by atoms with Gasteiger partial charge in [0, 0.05) is 28.3 Å². The molecular formula is C15H23NO2. The van der Waals surface area contributed by atoms with E-state index in [-0.39, 0.29) is 11.3 Å². The van der Waals surface area contributed by atoms with Crippen molar-refractivity contribution in [3.63, 3.8) is 0 Å². The first-order chi connectivity index (χ1) is 11.0. The van der Waals surface area contributed by atoms with Gasteiger partial charge in [0.05, 0.1) is 0 Å². The highest BCUT2D eigenvalue weighted by Gasteiger charge is 2.52. The Morgan fingerprint density at radius 3 is 2.28 bits per heavy atom. The molecule has 4 bridgehead atoms. The van der Waals surface area contributed by atoms with Gasteiger partial charge in [-0.25, -0.2) is 0 Å². The van der Waals surface area contributed by atoms with E-state index in [1.165, 1.54) is 19.3 Å². The maximum absolute atomic E-state index is 7.57. The second-order valence-electron chi connectivity index (χ2n) is 6.89. The van der Waals surface area contributed by atoms with E-state index in [1.54, 1.807) is 0 Å². The average molecular weight is 255 g/mol. The summed E-state index contributed by atoms with van der Waals surface area (Å²) in [7, 11) is 0. The largest absolute Gasteiger partial charge is 0.434 e. The molecule has 0 amide bonds. The molecule has 0 saturated heterocycles. The third-order valence-corrected chi connectivity index (χ3v) is 5.23. The maximum Gasteiger partial charge on any atom is 0.271 e. The highest BCUT2D eigenvalue weighted by molar-refractivity contribution is 5.77. The van der Waals surface area contributed by atoms with Crippen molar-refractivity contribution in [2.45, 2.75) is 64.4 Å². The van der Waals surface area contributed by atoms with E-state index in [0.717, 1.165) is 37.0 Å². The van der Waals surface area contributed by atoms with Gasteiger partial charge in [0.25, 0.3) is 5.79 Å². The molecule has 3 nitrogen and oxygen atoms in total. The predicted octanol–water partition coefficient (Wildman–Crippen LogP) is 3.69. The average Bonchev–Trinajstić information content (AvgIpc) is 2.80. The van der Waals surface area contributed by atoms with Gasteiger partial charge in [0.2, 0.25) is 5.90 Å². The molecule has 5 aliphatic rings. The minimum atomic E-state index is -2.94. The zero-order valence-electron chi connectivity index (χ0n) is 16.4. The zero-order valence-corrected chi connectivity index (χ0v) is 10.4. The lowest BCUT2D eigenvalue weighted by molar-refractivity contribution is -0.131. The molecule has 0 aromatic heterocycles. The number of rotatable bonds is 2. The molecule has 0 atom stereocenters. The normalized spacial score (nSPS) is 54.0. The first-order valence-corrected chi connectivity index (χ1v) is 6.96. The maximum atomic E-state index is 7.57. The van der Waals surface area contributed by atoms with Gasteiger partial charge < -0.3 is 9.57 Å². The smallest absolute Gasteiger partial charge is 0.271 e. The van der Waals surface area contributed by atoms with Crippen LogP contribution in [0.1, 0.15) is 66.9 Å². The highest BCUT2D eigenvalue weighted by Crippen LogP contribution is 2.61. The Balaban J connectivity index is 1.53. The van der Waals surface area contributed by atoms with Gasteiger partial charge in [-0.3, -0.25) is 0 Å². The third-order valence-electron chi connectivity index (χ3n) is 5.23. The minimum absolute atomic E-state index is 0.0799. The van der Waals surface area contributed by atoms with Crippen molar-refractivity contribution in [3.05, 3.63) is 0 Å². The Morgan fingerprint density at radius 1 is 1.17 bits per heavy atom. The Hall–Kier alpha value is -0.730. The van der Waals surface area contributed by atoms with E-state index in [4.69, 9.17) is 17.8 Å². The van der Waals surface area contributed by atoms with Crippen molar-refractivity contribution in [2.75, 3.05) is 0 Å². The first-order valence-electron chi connectivity index (χ1n) is 9.96. The quantitative estimate of drug-likeness (QED) is 0.753. The molecular weight excluding hydrogens is 226 g/mol. The van der Waals surface area contributed by atoms with Gasteiger partial charge in [-0.1, -0.05) is 0 Å². The van der Waals surface area contributed by atoms with Crippen molar-refractivity contribution in [2.24, 2.45) is 28.3 Å². The van der Waals surface area contributed by atoms with Crippen LogP contribution in [0.25, 0.3) is 0 Å². The molecule has 5 rings (SSSR count). The van der Waals surface area contributed by atoms with Gasteiger partial charge in [-0.05, 0) is 66.8 Å². The Bertz CT molecular complexity index is 518. The molecule has 18 heavy (non-hydrogen) atoms. The van der Waals surface area contributed by atoms with Crippen LogP contribution in [0.2, 0.25) is 0 Å². The van der Waals surface area contributed by atoms with Crippen LogP contribution in [0, 0.1) is 23.2 Å². The van der Waals surface area contributed by atoms with Crippen LogP contribution in [-0.4, -0.2) is 11.7 Å². The summed E-state index contributed by atoms with van der Waals surface area (Å²) in [5.41, 5.74) is 0.0799. The number of hydrogen-bond acceptors (Lipinski definition) is 3. The third kappa shape index (κ3) is 1.74. The second-order valence-corrected chi connectivity index (χ2v) is 6.89. The number of oxime groups is 1. The summed E-state index contributed by atoms with van der Waals surface area (Å²) >= 11 is 0. The van der Waals surface area contributed by atoms with Crippen LogP contribution in [-0.2, 0) is 9.57 Å². The molecule has 1 heterocycles. The Labute approximate surface area is 117 Å². The Kier molecular flexibility index (Phi) is 1.26. The van der Waals surface area contributed by atoms with Crippen LogP contribution in [0.5, 0.6) is 0 Å². The summed E-state index contributed by atoms with van der Waals surface area (Å²) in [5, 5.41) is 3.77. The highest BCUT2D eigenvalue weighted by atomic mass is 16.8. The van der Waals surface area contributed by atoms with Crippen LogP contribution >= 0.6 is 0 Å². The Morgan fingerprint density at radius 2 is 1.78 bits per heavy atom. The molecule has 0 aromatic carbocycles. The van der Waals surface area contributed by atoms with E-state index >= 15 is 0 Å². The summed E-state index contributed by atoms with van der Waals surface area (Å²) in [4.78, 5) is 4.94. The summed E-state index contributed by atoms with van der Waals surface area (Å²) in [6.07, 6.45) is 7.72. The van der Waals surface area contributed by atoms with Gasteiger partial charge in [-0.15, -0.1) is 0 Å². The van der Waals surface area contributed by atoms with E-state index in [9.17, 15) is 0 Å². The SMILES string of the molecule is [2H]C([2H])([2H])C1(C([2H])([2H])[2H])ON=C(CC23CC4CC(CC(C4)C2)C3)O1. The van der Waals surface area contributed by atoms with Crippen molar-refractivity contribution in [1.29, 1.82) is 0 Å². The molecule has 0 aromatic rings. The molecule has 0 N–H and O–H groups in total. The number of ether oxygens (including phenoxy) is 1. The van der Waals surface area contributed by atoms with Crippen LogP contribution in [0.15, 0.2) is 5.16 Å². The standard InChI is InChI=1S/C15H23NO2/c1-14(2)17-13(16-18-14)9-15-6-10-3-11(7-15)5-12(4-10)8-15/h10-12H,3-9H2,1-2H3/i1D3,2D3. The van der Waals surface area contributed by atoms with E-state index in [2.05, 4.69) is 5.16 Å². The lowest BCUT2D eigenvalue weighted by Gasteiger charge is -2.56. The lowest BCUT2D eigenvalue weighted by atomic mass is 9.49. The van der Waals surface area contributed by atoms with Crippen molar-refractivity contribution in [1.82, 2.24) is 0 Å². The molecule has 100 valence electrons. The molecule has 3 heteroatoms. The molecule has 0 unspecified atom stereocenters. The molecule has 4 aliphatic carbocycles. The molecule has 1 aliphatic heterocycles. The summed E-state index contributed by atoms with van der Waals surface area (Å²) < 4.78 is 50.8. The van der Waals surface area contributed by atoms with Crippen LogP contribution in [0.4, 0.5) is 0 Å². The van der Waals surface area contributed by atoms with E-state index < -0.39 is 19.5 Å². The second kappa shape index (κ2) is 3.43. The minimum Gasteiger partial charge on any atom is -0.434 e. The van der Waals surface area contributed by atoms with Gasteiger partial charge in [0.1, 0.15) is 0 Å². The zero-order chi connectivity index (χ0) is 17.4. The van der Waals surface area contributed by atoms with E-state index in [0.29, 0.717) is 6.42 Å².